The molecule has 1 heterocycles. The van der Waals surface area contributed by atoms with Gasteiger partial charge in [-0.05, 0) is 42.4 Å². The number of hydrogen-bond acceptors (Lipinski definition) is 2. The smallest absolute Gasteiger partial charge is 0.315 e. The van der Waals surface area contributed by atoms with Gasteiger partial charge < -0.3 is 15.5 Å². The van der Waals surface area contributed by atoms with Gasteiger partial charge in [0.25, 0.3) is 0 Å². The molecule has 1 aromatic rings. The van der Waals surface area contributed by atoms with Crippen LogP contribution in [0.15, 0.2) is 18.2 Å². The Morgan fingerprint density at radius 3 is 2.84 bits per heavy atom. The number of fused-ring (bicyclic) bond motifs is 1. The highest BCUT2D eigenvalue weighted by Crippen LogP contribution is 2.35. The molecule has 6 heteroatoms. The number of nitrogens with zero attached hydrogens (tertiary/aromatic N) is 1. The summed E-state index contributed by atoms with van der Waals surface area (Å²) in [5.74, 6) is 0.179. The average molecular weight is 347 g/mol. The summed E-state index contributed by atoms with van der Waals surface area (Å²) in [5, 5.41) is 5.98. The van der Waals surface area contributed by atoms with Crippen molar-refractivity contribution in [3.8, 4) is 0 Å². The number of hydrogen-bond donors (Lipinski definition) is 2. The van der Waals surface area contributed by atoms with E-state index in [0.717, 1.165) is 18.4 Å². The summed E-state index contributed by atoms with van der Waals surface area (Å²) >= 11 is 0. The Bertz CT molecular complexity index is 664. The fraction of sp³-hybridized carbons (Fsp3) is 0.579. The van der Waals surface area contributed by atoms with Crippen LogP contribution < -0.4 is 10.6 Å². The fourth-order valence-corrected chi connectivity index (χ4v) is 3.89. The van der Waals surface area contributed by atoms with Crippen LogP contribution in [-0.2, 0) is 11.2 Å². The number of benzene rings is 1. The van der Waals surface area contributed by atoms with Gasteiger partial charge >= 0.3 is 6.03 Å². The molecule has 1 aliphatic heterocycles. The van der Waals surface area contributed by atoms with E-state index in [4.69, 9.17) is 0 Å². The van der Waals surface area contributed by atoms with Crippen LogP contribution in [0.2, 0.25) is 0 Å². The van der Waals surface area contributed by atoms with Crippen molar-refractivity contribution in [3.05, 3.63) is 35.1 Å². The second-order valence-electron chi connectivity index (χ2n) is 7.10. The van der Waals surface area contributed by atoms with Gasteiger partial charge in [-0.3, -0.25) is 4.79 Å². The van der Waals surface area contributed by atoms with E-state index in [-0.39, 0.29) is 35.8 Å². The van der Waals surface area contributed by atoms with Crippen LogP contribution in [0.1, 0.15) is 50.3 Å². The summed E-state index contributed by atoms with van der Waals surface area (Å²) in [7, 11) is 0. The highest BCUT2D eigenvalue weighted by molar-refractivity contribution is 5.77. The maximum absolute atomic E-state index is 14.0. The SMILES string of the molecule is CCC(=O)N1CC[C@H](NC(=O)N[C@@H]2c3cccc(F)c3CC[C@@H]2C)C1. The minimum Gasteiger partial charge on any atom is -0.341 e. The first-order valence-electron chi connectivity index (χ1n) is 9.11. The molecule has 1 fully saturated rings. The fourth-order valence-electron chi connectivity index (χ4n) is 3.89. The zero-order chi connectivity index (χ0) is 18.0. The van der Waals surface area contributed by atoms with Crippen LogP contribution in [-0.4, -0.2) is 36.0 Å². The number of halogens is 1. The van der Waals surface area contributed by atoms with Gasteiger partial charge in [0.15, 0.2) is 0 Å². The second kappa shape index (κ2) is 7.42. The molecule has 136 valence electrons. The summed E-state index contributed by atoms with van der Waals surface area (Å²) in [6.07, 6.45) is 2.81. The number of amides is 3. The molecule has 5 nitrogen and oxygen atoms in total. The van der Waals surface area contributed by atoms with Gasteiger partial charge in [0, 0.05) is 25.6 Å². The Morgan fingerprint density at radius 2 is 2.08 bits per heavy atom. The van der Waals surface area contributed by atoms with Gasteiger partial charge in [-0.25, -0.2) is 9.18 Å². The summed E-state index contributed by atoms with van der Waals surface area (Å²) in [6.45, 7) is 5.17. The van der Waals surface area contributed by atoms with Crippen LogP contribution in [0, 0.1) is 11.7 Å². The van der Waals surface area contributed by atoms with E-state index in [1.165, 1.54) is 6.07 Å². The van der Waals surface area contributed by atoms with E-state index < -0.39 is 0 Å². The predicted molar refractivity (Wildman–Crippen MR) is 93.6 cm³/mol. The van der Waals surface area contributed by atoms with E-state index in [9.17, 15) is 14.0 Å². The summed E-state index contributed by atoms with van der Waals surface area (Å²) in [6, 6.07) is 4.62. The molecular weight excluding hydrogens is 321 g/mol. The molecule has 0 unspecified atom stereocenters. The van der Waals surface area contributed by atoms with Gasteiger partial charge in [0.05, 0.1) is 6.04 Å². The topological polar surface area (TPSA) is 61.4 Å². The molecule has 2 aliphatic rings. The normalized spacial score (nSPS) is 25.4. The zero-order valence-electron chi connectivity index (χ0n) is 14.8. The number of urea groups is 1. The molecule has 0 spiro atoms. The van der Waals surface area contributed by atoms with Crippen molar-refractivity contribution in [2.75, 3.05) is 13.1 Å². The Balaban J connectivity index is 1.62. The van der Waals surface area contributed by atoms with Crippen molar-refractivity contribution in [3.63, 3.8) is 0 Å². The molecule has 2 N–H and O–H groups in total. The lowest BCUT2D eigenvalue weighted by molar-refractivity contribution is -0.129. The first-order valence-corrected chi connectivity index (χ1v) is 9.11. The highest BCUT2D eigenvalue weighted by Gasteiger charge is 2.31. The lowest BCUT2D eigenvalue weighted by Crippen LogP contribution is -2.46. The van der Waals surface area contributed by atoms with Crippen molar-refractivity contribution < 1.29 is 14.0 Å². The minimum atomic E-state index is -0.246. The van der Waals surface area contributed by atoms with Gasteiger partial charge in [0.1, 0.15) is 5.82 Å². The Morgan fingerprint density at radius 1 is 1.28 bits per heavy atom. The Kier molecular flexibility index (Phi) is 5.25. The maximum Gasteiger partial charge on any atom is 0.315 e. The molecule has 0 bridgehead atoms. The first kappa shape index (κ1) is 17.7. The summed E-state index contributed by atoms with van der Waals surface area (Å²) < 4.78 is 14.0. The Hall–Kier alpha value is -2.11. The van der Waals surface area contributed by atoms with Crippen molar-refractivity contribution >= 4 is 11.9 Å². The Labute approximate surface area is 148 Å². The van der Waals surface area contributed by atoms with Gasteiger partial charge in [0.2, 0.25) is 5.91 Å². The van der Waals surface area contributed by atoms with Crippen LogP contribution in [0.4, 0.5) is 9.18 Å². The van der Waals surface area contributed by atoms with Gasteiger partial charge in [-0.2, -0.15) is 0 Å². The predicted octanol–water partition coefficient (Wildman–Crippen LogP) is 2.76. The molecular formula is C19H26FN3O2. The molecule has 1 aromatic carbocycles. The monoisotopic (exact) mass is 347 g/mol. The number of carbonyl (C=O) groups is 2. The molecule has 25 heavy (non-hydrogen) atoms. The van der Waals surface area contributed by atoms with E-state index in [1.54, 1.807) is 11.0 Å². The number of nitrogens with one attached hydrogen (secondary N) is 2. The van der Waals surface area contributed by atoms with Crippen LogP contribution in [0.5, 0.6) is 0 Å². The third-order valence-electron chi connectivity index (χ3n) is 5.37. The van der Waals surface area contributed by atoms with Crippen molar-refractivity contribution in [1.29, 1.82) is 0 Å². The standard InChI is InChI=1S/C19H26FN3O2/c1-3-17(24)23-10-9-13(11-23)21-19(25)22-18-12(2)7-8-14-15(18)5-4-6-16(14)20/h4-6,12-13,18H,3,7-11H2,1-2H3,(H2,21,22,25)/t12-,13-,18-/m0/s1. The third-order valence-corrected chi connectivity index (χ3v) is 5.37. The molecule has 1 aliphatic carbocycles. The van der Waals surface area contributed by atoms with Crippen LogP contribution in [0.25, 0.3) is 0 Å². The lowest BCUT2D eigenvalue weighted by atomic mass is 9.80. The van der Waals surface area contributed by atoms with E-state index >= 15 is 0 Å². The summed E-state index contributed by atoms with van der Waals surface area (Å²) in [5.41, 5.74) is 1.59. The third kappa shape index (κ3) is 3.78. The summed E-state index contributed by atoms with van der Waals surface area (Å²) in [4.78, 5) is 26.0. The molecule has 1 saturated heterocycles. The number of likely N-dealkylation sites (tertiary alicyclic amines) is 1. The van der Waals surface area contributed by atoms with E-state index in [2.05, 4.69) is 17.6 Å². The number of rotatable bonds is 3. The molecule has 0 aromatic heterocycles. The first-order chi connectivity index (χ1) is 12.0. The molecule has 0 radical (unpaired) electrons. The lowest BCUT2D eigenvalue weighted by Gasteiger charge is -2.32. The highest BCUT2D eigenvalue weighted by atomic mass is 19.1. The molecule has 3 atom stereocenters. The number of carbonyl (C=O) groups excluding carboxylic acids is 2. The molecule has 3 rings (SSSR count). The quantitative estimate of drug-likeness (QED) is 0.883. The molecule has 3 amide bonds. The van der Waals surface area contributed by atoms with Gasteiger partial charge in [-0.1, -0.05) is 26.0 Å². The van der Waals surface area contributed by atoms with Crippen LogP contribution in [0.3, 0.4) is 0 Å². The molecule has 0 saturated carbocycles. The van der Waals surface area contributed by atoms with E-state index in [1.807, 2.05) is 13.0 Å². The van der Waals surface area contributed by atoms with Crippen molar-refractivity contribution in [2.24, 2.45) is 5.92 Å². The minimum absolute atomic E-state index is 0.0265. The van der Waals surface area contributed by atoms with Gasteiger partial charge in [-0.15, -0.1) is 0 Å². The maximum atomic E-state index is 14.0. The van der Waals surface area contributed by atoms with Crippen molar-refractivity contribution in [1.82, 2.24) is 15.5 Å². The van der Waals surface area contributed by atoms with Crippen LogP contribution >= 0.6 is 0 Å². The van der Waals surface area contributed by atoms with E-state index in [0.29, 0.717) is 31.5 Å². The van der Waals surface area contributed by atoms with Crippen molar-refractivity contribution in [2.45, 2.75) is 51.6 Å². The largest absolute Gasteiger partial charge is 0.341 e. The zero-order valence-corrected chi connectivity index (χ0v) is 14.8. The second-order valence-corrected chi connectivity index (χ2v) is 7.10. The average Bonchev–Trinajstić information content (AvgIpc) is 3.05.